The number of hydrogen-bond acceptors (Lipinski definition) is 3. The first-order valence-corrected chi connectivity index (χ1v) is 9.82. The number of benzene rings is 2. The third-order valence-corrected chi connectivity index (χ3v) is 6.15. The van der Waals surface area contributed by atoms with Gasteiger partial charge < -0.3 is 9.80 Å². The van der Waals surface area contributed by atoms with Gasteiger partial charge in [0.15, 0.2) is 0 Å². The van der Waals surface area contributed by atoms with E-state index in [1.54, 1.807) is 11.8 Å². The highest BCUT2D eigenvalue weighted by Gasteiger charge is 2.22. The first kappa shape index (κ1) is 17.9. The summed E-state index contributed by atoms with van der Waals surface area (Å²) in [6.07, 6.45) is 0. The Morgan fingerprint density at radius 3 is 2.32 bits per heavy atom. The Morgan fingerprint density at radius 2 is 1.60 bits per heavy atom. The molecule has 132 valence electrons. The third kappa shape index (κ3) is 4.18. The summed E-state index contributed by atoms with van der Waals surface area (Å²) in [5, 5.41) is 0. The van der Waals surface area contributed by atoms with Crippen molar-refractivity contribution in [2.45, 2.75) is 25.7 Å². The third-order valence-electron chi connectivity index (χ3n) is 4.99. The lowest BCUT2D eigenvalue weighted by Gasteiger charge is -2.37. The summed E-state index contributed by atoms with van der Waals surface area (Å²) in [4.78, 5) is 18.1. The minimum Gasteiger partial charge on any atom is -0.368 e. The lowest BCUT2D eigenvalue weighted by atomic mass is 10.1. The Labute approximate surface area is 155 Å². The van der Waals surface area contributed by atoms with Gasteiger partial charge in [0.25, 0.3) is 0 Å². The van der Waals surface area contributed by atoms with Crippen molar-refractivity contribution in [3.05, 3.63) is 59.2 Å². The summed E-state index contributed by atoms with van der Waals surface area (Å²) in [5.41, 5.74) is 5.21. The quantitative estimate of drug-likeness (QED) is 0.774. The van der Waals surface area contributed by atoms with E-state index in [9.17, 15) is 4.79 Å². The number of aryl methyl sites for hydroxylation is 2. The molecule has 2 aromatic carbocycles. The average Bonchev–Trinajstić information content (AvgIpc) is 2.63. The van der Waals surface area contributed by atoms with E-state index in [0.717, 1.165) is 26.2 Å². The monoisotopic (exact) mass is 354 g/mol. The van der Waals surface area contributed by atoms with Gasteiger partial charge in [0.05, 0.1) is 5.75 Å². The highest BCUT2D eigenvalue weighted by molar-refractivity contribution is 8.00. The molecular weight excluding hydrogens is 328 g/mol. The second-order valence-electron chi connectivity index (χ2n) is 6.64. The molecule has 1 fully saturated rings. The number of nitrogens with zero attached hydrogens (tertiary/aromatic N) is 2. The lowest BCUT2D eigenvalue weighted by Crippen LogP contribution is -2.49. The van der Waals surface area contributed by atoms with Crippen molar-refractivity contribution in [2.75, 3.05) is 36.8 Å². The van der Waals surface area contributed by atoms with Crippen LogP contribution in [0, 0.1) is 20.8 Å². The molecule has 1 amide bonds. The maximum atomic E-state index is 12.5. The fourth-order valence-corrected chi connectivity index (χ4v) is 4.16. The molecule has 0 aromatic heterocycles. The molecule has 3 nitrogen and oxygen atoms in total. The summed E-state index contributed by atoms with van der Waals surface area (Å²) >= 11 is 1.65. The smallest absolute Gasteiger partial charge is 0.233 e. The van der Waals surface area contributed by atoms with Crippen molar-refractivity contribution in [3.63, 3.8) is 0 Å². The van der Waals surface area contributed by atoms with Gasteiger partial charge in [-0.15, -0.1) is 11.8 Å². The standard InChI is InChI=1S/C21H26N2OS/c1-16-8-6-9-19(18(16)3)22-11-13-23(14-12-22)21(24)15-25-20-10-5-4-7-17(20)2/h4-10H,11-15H2,1-3H3. The van der Waals surface area contributed by atoms with Crippen LogP contribution in [0.1, 0.15) is 16.7 Å². The zero-order valence-electron chi connectivity index (χ0n) is 15.3. The van der Waals surface area contributed by atoms with Crippen molar-refractivity contribution in [2.24, 2.45) is 0 Å². The fraction of sp³-hybridized carbons (Fsp3) is 0.381. The molecule has 0 unspecified atom stereocenters. The maximum absolute atomic E-state index is 12.5. The van der Waals surface area contributed by atoms with Crippen molar-refractivity contribution in [1.82, 2.24) is 4.90 Å². The summed E-state index contributed by atoms with van der Waals surface area (Å²) in [5.74, 6) is 0.766. The number of carbonyl (C=O) groups is 1. The number of anilines is 1. The highest BCUT2D eigenvalue weighted by atomic mass is 32.2. The first-order valence-electron chi connectivity index (χ1n) is 8.83. The zero-order valence-corrected chi connectivity index (χ0v) is 16.1. The van der Waals surface area contributed by atoms with Gasteiger partial charge in [-0.3, -0.25) is 4.79 Å². The van der Waals surface area contributed by atoms with E-state index >= 15 is 0 Å². The predicted molar refractivity (Wildman–Crippen MR) is 107 cm³/mol. The van der Waals surface area contributed by atoms with E-state index in [4.69, 9.17) is 0 Å². The van der Waals surface area contributed by atoms with Crippen LogP contribution in [0.5, 0.6) is 0 Å². The molecule has 0 spiro atoms. The van der Waals surface area contributed by atoms with Crippen LogP contribution >= 0.6 is 11.8 Å². The van der Waals surface area contributed by atoms with E-state index < -0.39 is 0 Å². The molecule has 1 aliphatic heterocycles. The van der Waals surface area contributed by atoms with Crippen LogP contribution in [-0.4, -0.2) is 42.7 Å². The SMILES string of the molecule is Cc1ccccc1SCC(=O)N1CCN(c2cccc(C)c2C)CC1. The van der Waals surface area contributed by atoms with Crippen LogP contribution in [0.25, 0.3) is 0 Å². The Balaban J connectivity index is 1.54. The number of amides is 1. The van der Waals surface area contributed by atoms with Gasteiger partial charge in [0, 0.05) is 36.8 Å². The number of carbonyl (C=O) groups excluding carboxylic acids is 1. The Bertz CT molecular complexity index is 751. The molecule has 0 N–H and O–H groups in total. The van der Waals surface area contributed by atoms with E-state index in [1.165, 1.54) is 27.3 Å². The maximum Gasteiger partial charge on any atom is 0.233 e. The Hall–Kier alpha value is -1.94. The Kier molecular flexibility index (Phi) is 5.69. The minimum absolute atomic E-state index is 0.244. The Morgan fingerprint density at radius 1 is 0.920 bits per heavy atom. The van der Waals surface area contributed by atoms with Gasteiger partial charge in [-0.2, -0.15) is 0 Å². The van der Waals surface area contributed by atoms with Gasteiger partial charge in [-0.25, -0.2) is 0 Å². The van der Waals surface area contributed by atoms with E-state index in [0.29, 0.717) is 5.75 Å². The van der Waals surface area contributed by atoms with Crippen molar-refractivity contribution >= 4 is 23.4 Å². The van der Waals surface area contributed by atoms with Crippen LogP contribution in [-0.2, 0) is 4.79 Å². The van der Waals surface area contributed by atoms with E-state index in [-0.39, 0.29) is 5.91 Å². The normalized spacial score (nSPS) is 14.7. The number of rotatable bonds is 4. The second-order valence-corrected chi connectivity index (χ2v) is 7.66. The topological polar surface area (TPSA) is 23.6 Å². The second kappa shape index (κ2) is 7.96. The zero-order chi connectivity index (χ0) is 17.8. The van der Waals surface area contributed by atoms with Crippen molar-refractivity contribution < 1.29 is 4.79 Å². The highest BCUT2D eigenvalue weighted by Crippen LogP contribution is 2.25. The van der Waals surface area contributed by atoms with Gasteiger partial charge in [-0.1, -0.05) is 30.3 Å². The molecule has 0 atom stereocenters. The van der Waals surface area contributed by atoms with Crippen LogP contribution in [0.4, 0.5) is 5.69 Å². The number of thioether (sulfide) groups is 1. The molecule has 2 aromatic rings. The molecule has 25 heavy (non-hydrogen) atoms. The van der Waals surface area contributed by atoms with E-state index in [2.05, 4.69) is 56.0 Å². The molecule has 1 aliphatic rings. The number of piperazine rings is 1. The fourth-order valence-electron chi connectivity index (χ4n) is 3.22. The molecule has 4 heteroatoms. The number of hydrogen-bond donors (Lipinski definition) is 0. The van der Waals surface area contributed by atoms with E-state index in [1.807, 2.05) is 17.0 Å². The summed E-state index contributed by atoms with van der Waals surface area (Å²) in [7, 11) is 0. The molecule has 0 radical (unpaired) electrons. The molecule has 3 rings (SSSR count). The van der Waals surface area contributed by atoms with Crippen LogP contribution in [0.3, 0.4) is 0 Å². The lowest BCUT2D eigenvalue weighted by molar-refractivity contribution is -0.128. The van der Waals surface area contributed by atoms with Gasteiger partial charge >= 0.3 is 0 Å². The molecule has 0 bridgehead atoms. The first-order chi connectivity index (χ1) is 12.1. The molecule has 1 heterocycles. The van der Waals surface area contributed by atoms with Crippen molar-refractivity contribution in [3.8, 4) is 0 Å². The van der Waals surface area contributed by atoms with Crippen LogP contribution in [0.15, 0.2) is 47.4 Å². The van der Waals surface area contributed by atoms with Crippen LogP contribution < -0.4 is 4.90 Å². The molecule has 0 aliphatic carbocycles. The average molecular weight is 355 g/mol. The van der Waals surface area contributed by atoms with Crippen LogP contribution in [0.2, 0.25) is 0 Å². The largest absolute Gasteiger partial charge is 0.368 e. The predicted octanol–water partition coefficient (Wildman–Crippen LogP) is 4.05. The minimum atomic E-state index is 0.244. The summed E-state index contributed by atoms with van der Waals surface area (Å²) in [6.45, 7) is 9.86. The molecule has 0 saturated carbocycles. The molecule has 1 saturated heterocycles. The molecular formula is C21H26N2OS. The summed E-state index contributed by atoms with van der Waals surface area (Å²) < 4.78 is 0. The van der Waals surface area contributed by atoms with Gasteiger partial charge in [-0.05, 0) is 49.6 Å². The van der Waals surface area contributed by atoms with Crippen molar-refractivity contribution in [1.29, 1.82) is 0 Å². The summed E-state index contributed by atoms with van der Waals surface area (Å²) in [6, 6.07) is 14.7. The van der Waals surface area contributed by atoms with Gasteiger partial charge in [0.2, 0.25) is 5.91 Å². The van der Waals surface area contributed by atoms with Gasteiger partial charge in [0.1, 0.15) is 0 Å².